The Labute approximate surface area is 178 Å². The Bertz CT molecular complexity index is 1150. The molecule has 1 heterocycles. The smallest absolute Gasteiger partial charge is 0.255 e. The third-order valence-electron chi connectivity index (χ3n) is 4.61. The lowest BCUT2D eigenvalue weighted by Crippen LogP contribution is -2.12. The monoisotopic (exact) mass is 416 g/mol. The summed E-state index contributed by atoms with van der Waals surface area (Å²) in [5.74, 6) is 0.874. The van der Waals surface area contributed by atoms with Gasteiger partial charge < -0.3 is 14.8 Å². The average Bonchev–Trinajstić information content (AvgIpc) is 3.30. The average molecular weight is 417 g/mol. The second-order valence-corrected chi connectivity index (χ2v) is 7.36. The Kier molecular flexibility index (Phi) is 5.77. The van der Waals surface area contributed by atoms with Crippen LogP contribution in [-0.2, 0) is 0 Å². The molecule has 5 nitrogen and oxygen atoms in total. The molecule has 4 aromatic rings. The van der Waals surface area contributed by atoms with Gasteiger partial charge >= 0.3 is 0 Å². The Balaban J connectivity index is 1.48. The second kappa shape index (κ2) is 8.80. The number of aromatic nitrogens is 1. The number of hydrogen-bond acceptors (Lipinski definition) is 5. The van der Waals surface area contributed by atoms with Gasteiger partial charge in [0.05, 0.1) is 19.9 Å². The van der Waals surface area contributed by atoms with E-state index in [0.29, 0.717) is 22.7 Å². The summed E-state index contributed by atoms with van der Waals surface area (Å²) in [5, 5.41) is 5.93. The molecule has 150 valence electrons. The zero-order chi connectivity index (χ0) is 20.9. The van der Waals surface area contributed by atoms with Crippen molar-refractivity contribution in [1.29, 1.82) is 0 Å². The summed E-state index contributed by atoms with van der Waals surface area (Å²) in [7, 11) is 3.10. The maximum atomic E-state index is 12.6. The highest BCUT2D eigenvalue weighted by atomic mass is 32.1. The normalized spacial score (nSPS) is 10.5. The number of rotatable bonds is 6. The number of methoxy groups -OCH3 is 2. The summed E-state index contributed by atoms with van der Waals surface area (Å²) in [6.45, 7) is 0. The van der Waals surface area contributed by atoms with Crippen LogP contribution in [0.4, 0.5) is 5.69 Å². The van der Waals surface area contributed by atoms with Gasteiger partial charge in [-0.1, -0.05) is 42.5 Å². The van der Waals surface area contributed by atoms with Crippen molar-refractivity contribution < 1.29 is 14.3 Å². The number of thiazole rings is 1. The molecular weight excluding hydrogens is 396 g/mol. The highest BCUT2D eigenvalue weighted by molar-refractivity contribution is 7.13. The number of amides is 1. The van der Waals surface area contributed by atoms with Crippen LogP contribution >= 0.6 is 11.3 Å². The first-order chi connectivity index (χ1) is 14.7. The van der Waals surface area contributed by atoms with Crippen molar-refractivity contribution in [2.24, 2.45) is 0 Å². The van der Waals surface area contributed by atoms with E-state index in [0.717, 1.165) is 21.8 Å². The molecule has 0 spiro atoms. The molecule has 0 aliphatic rings. The summed E-state index contributed by atoms with van der Waals surface area (Å²) in [6, 6.07) is 22.8. The summed E-state index contributed by atoms with van der Waals surface area (Å²) >= 11 is 1.61. The molecule has 0 fully saturated rings. The molecule has 0 unspecified atom stereocenters. The van der Waals surface area contributed by atoms with Crippen LogP contribution in [0.15, 0.2) is 78.2 Å². The van der Waals surface area contributed by atoms with Crippen LogP contribution in [0, 0.1) is 0 Å². The third-order valence-corrected chi connectivity index (χ3v) is 5.50. The molecule has 0 aliphatic carbocycles. The van der Waals surface area contributed by atoms with Gasteiger partial charge in [0.25, 0.3) is 5.91 Å². The highest BCUT2D eigenvalue weighted by Gasteiger charge is 2.12. The van der Waals surface area contributed by atoms with Gasteiger partial charge in [-0.3, -0.25) is 4.79 Å². The van der Waals surface area contributed by atoms with Crippen LogP contribution in [0.3, 0.4) is 0 Å². The summed E-state index contributed by atoms with van der Waals surface area (Å²) in [4.78, 5) is 17.3. The van der Waals surface area contributed by atoms with E-state index in [1.807, 2.05) is 47.8 Å². The predicted octanol–water partition coefficient (Wildman–Crippen LogP) is 5.75. The van der Waals surface area contributed by atoms with E-state index in [9.17, 15) is 4.79 Å². The number of benzene rings is 3. The van der Waals surface area contributed by atoms with Crippen molar-refractivity contribution in [3.63, 3.8) is 0 Å². The zero-order valence-electron chi connectivity index (χ0n) is 16.6. The lowest BCUT2D eigenvalue weighted by Gasteiger charge is -2.10. The number of nitrogens with zero attached hydrogens (tertiary/aromatic N) is 1. The van der Waals surface area contributed by atoms with Gasteiger partial charge in [0.2, 0.25) is 0 Å². The van der Waals surface area contributed by atoms with E-state index < -0.39 is 0 Å². The minimum atomic E-state index is -0.219. The number of ether oxygens (including phenoxy) is 2. The van der Waals surface area contributed by atoms with E-state index in [1.54, 1.807) is 43.8 Å². The van der Waals surface area contributed by atoms with Gasteiger partial charge in [-0.15, -0.1) is 11.3 Å². The van der Waals surface area contributed by atoms with Crippen LogP contribution < -0.4 is 14.8 Å². The molecule has 4 rings (SSSR count). The van der Waals surface area contributed by atoms with Gasteiger partial charge in [-0.2, -0.15) is 0 Å². The lowest BCUT2D eigenvalue weighted by molar-refractivity contribution is 0.102. The third kappa shape index (κ3) is 4.18. The number of hydrogen-bond donors (Lipinski definition) is 1. The van der Waals surface area contributed by atoms with Gasteiger partial charge in [0, 0.05) is 27.8 Å². The van der Waals surface area contributed by atoms with E-state index >= 15 is 0 Å². The minimum absolute atomic E-state index is 0.219. The highest BCUT2D eigenvalue weighted by Crippen LogP contribution is 2.30. The first-order valence-electron chi connectivity index (χ1n) is 9.32. The van der Waals surface area contributed by atoms with Crippen molar-refractivity contribution in [2.45, 2.75) is 0 Å². The van der Waals surface area contributed by atoms with Crippen molar-refractivity contribution in [3.8, 4) is 33.3 Å². The van der Waals surface area contributed by atoms with Crippen molar-refractivity contribution in [3.05, 3.63) is 83.7 Å². The van der Waals surface area contributed by atoms with Gasteiger partial charge in [-0.05, 0) is 30.3 Å². The van der Waals surface area contributed by atoms with Gasteiger partial charge in [-0.25, -0.2) is 4.98 Å². The quantitative estimate of drug-likeness (QED) is 0.435. The van der Waals surface area contributed by atoms with E-state index in [1.165, 1.54) is 0 Å². The van der Waals surface area contributed by atoms with E-state index in [2.05, 4.69) is 17.4 Å². The molecule has 0 saturated carbocycles. The van der Waals surface area contributed by atoms with Crippen LogP contribution in [0.5, 0.6) is 11.5 Å². The van der Waals surface area contributed by atoms with E-state index in [4.69, 9.17) is 14.5 Å². The maximum Gasteiger partial charge on any atom is 0.255 e. The van der Waals surface area contributed by atoms with Crippen LogP contribution in [-0.4, -0.2) is 25.1 Å². The number of carbonyl (C=O) groups is 1. The predicted molar refractivity (Wildman–Crippen MR) is 120 cm³/mol. The van der Waals surface area contributed by atoms with Crippen molar-refractivity contribution in [1.82, 2.24) is 4.98 Å². The maximum absolute atomic E-state index is 12.6. The Morgan fingerprint density at radius 3 is 2.30 bits per heavy atom. The molecule has 1 amide bonds. The fourth-order valence-electron chi connectivity index (χ4n) is 3.02. The molecule has 3 aromatic carbocycles. The fourth-order valence-corrected chi connectivity index (χ4v) is 3.86. The van der Waals surface area contributed by atoms with Gasteiger partial charge in [0.15, 0.2) is 11.5 Å². The zero-order valence-corrected chi connectivity index (χ0v) is 17.4. The topological polar surface area (TPSA) is 60.5 Å². The lowest BCUT2D eigenvalue weighted by atomic mass is 10.1. The van der Waals surface area contributed by atoms with Crippen LogP contribution in [0.2, 0.25) is 0 Å². The molecule has 1 aromatic heterocycles. The molecule has 30 heavy (non-hydrogen) atoms. The first kappa shape index (κ1) is 19.7. The molecule has 0 atom stereocenters. The Hall–Kier alpha value is -3.64. The molecule has 1 N–H and O–H groups in total. The van der Waals surface area contributed by atoms with Gasteiger partial charge in [0.1, 0.15) is 5.01 Å². The summed E-state index contributed by atoms with van der Waals surface area (Å²) in [6.07, 6.45) is 0. The van der Waals surface area contributed by atoms with Crippen LogP contribution in [0.1, 0.15) is 10.4 Å². The standard InChI is InChI=1S/C24H20N2O3S/c1-28-21-13-10-18(14-22(21)29-2)23(27)25-19-11-8-16(9-12-19)20-15-30-24(26-20)17-6-4-3-5-7-17/h3-15H,1-2H3,(H,25,27). The molecule has 0 saturated heterocycles. The Morgan fingerprint density at radius 1 is 0.867 bits per heavy atom. The fraction of sp³-hybridized carbons (Fsp3) is 0.0833. The summed E-state index contributed by atoms with van der Waals surface area (Å²) in [5.41, 5.74) is 4.21. The number of anilines is 1. The summed E-state index contributed by atoms with van der Waals surface area (Å²) < 4.78 is 10.5. The van der Waals surface area contributed by atoms with Crippen molar-refractivity contribution >= 4 is 22.9 Å². The van der Waals surface area contributed by atoms with Crippen LogP contribution in [0.25, 0.3) is 21.8 Å². The molecule has 0 radical (unpaired) electrons. The first-order valence-corrected chi connectivity index (χ1v) is 10.2. The van der Waals surface area contributed by atoms with Crippen molar-refractivity contribution in [2.75, 3.05) is 19.5 Å². The minimum Gasteiger partial charge on any atom is -0.493 e. The SMILES string of the molecule is COc1ccc(C(=O)Nc2ccc(-c3csc(-c4ccccc4)n3)cc2)cc1OC. The molecule has 0 aliphatic heterocycles. The van der Waals surface area contributed by atoms with E-state index in [-0.39, 0.29) is 5.91 Å². The molecule has 6 heteroatoms. The molecule has 0 bridgehead atoms. The largest absolute Gasteiger partial charge is 0.493 e. The molecular formula is C24H20N2O3S. The number of nitrogens with one attached hydrogen (secondary N) is 1. The second-order valence-electron chi connectivity index (χ2n) is 6.51. The Morgan fingerprint density at radius 2 is 1.60 bits per heavy atom. The number of carbonyl (C=O) groups excluding carboxylic acids is 1.